The zero-order valence-electron chi connectivity index (χ0n) is 20.9. The van der Waals surface area contributed by atoms with Crippen molar-refractivity contribution >= 4 is 51.6 Å². The average Bonchev–Trinajstić information content (AvgIpc) is 2.82. The lowest BCUT2D eigenvalue weighted by Crippen LogP contribution is -2.43. The number of halogens is 3. The molecular formula is C28H28Cl2IN3O3. The number of rotatable bonds is 7. The Morgan fingerprint density at radius 1 is 1.19 bits per heavy atom. The third-order valence-corrected chi connectivity index (χ3v) is 7.94. The fourth-order valence-electron chi connectivity index (χ4n) is 4.97. The maximum Gasteiger partial charge on any atom is 0.162 e. The number of ether oxygens (including phenoxy) is 2. The van der Waals surface area contributed by atoms with Gasteiger partial charge < -0.3 is 20.1 Å². The largest absolute Gasteiger partial charge is 0.486 e. The quantitative estimate of drug-likeness (QED) is 0.341. The van der Waals surface area contributed by atoms with E-state index in [-0.39, 0.29) is 11.2 Å². The normalized spacial score (nSPS) is 19.1. The van der Waals surface area contributed by atoms with Gasteiger partial charge in [0, 0.05) is 34.9 Å². The molecule has 194 valence electrons. The van der Waals surface area contributed by atoms with Crippen LogP contribution in [0.2, 0.25) is 10.0 Å². The van der Waals surface area contributed by atoms with Gasteiger partial charge >= 0.3 is 0 Å². The molecule has 0 radical (unpaired) electrons. The summed E-state index contributed by atoms with van der Waals surface area (Å²) in [6, 6.07) is 13.6. The minimum Gasteiger partial charge on any atom is -0.486 e. The van der Waals surface area contributed by atoms with Gasteiger partial charge in [-0.3, -0.25) is 4.79 Å². The molecule has 2 aromatic carbocycles. The van der Waals surface area contributed by atoms with E-state index < -0.39 is 5.92 Å². The van der Waals surface area contributed by atoms with Crippen LogP contribution in [0.15, 0.2) is 59.1 Å². The lowest BCUT2D eigenvalue weighted by molar-refractivity contribution is -0.118. The summed E-state index contributed by atoms with van der Waals surface area (Å²) in [4.78, 5) is 15.4. The second-order valence-corrected chi connectivity index (χ2v) is 12.1. The number of nitrogens with two attached hydrogens (primary N) is 1. The molecule has 0 amide bonds. The van der Waals surface area contributed by atoms with E-state index in [0.717, 1.165) is 14.8 Å². The Bertz CT molecular complexity index is 1310. The lowest BCUT2D eigenvalue weighted by Gasteiger charge is -2.43. The Balaban J connectivity index is 1.76. The maximum atomic E-state index is 13.6. The van der Waals surface area contributed by atoms with Crippen LogP contribution in [0.5, 0.6) is 5.75 Å². The first-order valence-corrected chi connectivity index (χ1v) is 13.7. The van der Waals surface area contributed by atoms with Crippen LogP contribution in [0, 0.1) is 20.3 Å². The van der Waals surface area contributed by atoms with Crippen molar-refractivity contribution in [1.29, 1.82) is 5.26 Å². The molecule has 6 nitrogen and oxygen atoms in total. The standard InChI is InChI=1S/C28H28Cl2IN3O3/c1-28(2)12-22-25(23(35)13-28)24(19(14-32)27(33)34(22)8-9-36-3)17-10-20(29)26(21(30)11-17)37-15-16-4-6-18(31)7-5-16/h4-7,10-11,24H,8-9,12-13,15,33H2,1-3H3/t24-/m1/s1. The minimum absolute atomic E-state index is 0.00908. The number of carbonyl (C=O) groups excluding carboxylic acids is 1. The highest BCUT2D eigenvalue weighted by atomic mass is 127. The molecule has 0 saturated heterocycles. The van der Waals surface area contributed by atoms with Gasteiger partial charge in [0.2, 0.25) is 0 Å². The first kappa shape index (κ1) is 27.8. The summed E-state index contributed by atoms with van der Waals surface area (Å²) in [6.07, 6.45) is 1.02. The molecule has 0 fully saturated rings. The van der Waals surface area contributed by atoms with Gasteiger partial charge in [0.05, 0.1) is 34.2 Å². The molecule has 1 aliphatic heterocycles. The highest BCUT2D eigenvalue weighted by molar-refractivity contribution is 14.1. The zero-order chi connectivity index (χ0) is 26.9. The summed E-state index contributed by atoms with van der Waals surface area (Å²) in [7, 11) is 1.61. The minimum atomic E-state index is -0.664. The molecule has 1 heterocycles. The van der Waals surface area contributed by atoms with E-state index in [1.165, 1.54) is 0 Å². The SMILES string of the molecule is COCCN1C(N)=C(C#N)[C@@H](c2cc(Cl)c(OCc3ccc(I)cc3)c(Cl)c2)C2=C1CC(C)(C)CC2=O. The summed E-state index contributed by atoms with van der Waals surface area (Å²) in [5.74, 6) is -0.00291. The van der Waals surface area contributed by atoms with Crippen LogP contribution in [0.25, 0.3) is 0 Å². The Labute approximate surface area is 241 Å². The van der Waals surface area contributed by atoms with Crippen molar-refractivity contribution in [2.45, 2.75) is 39.2 Å². The maximum absolute atomic E-state index is 13.6. The smallest absolute Gasteiger partial charge is 0.162 e. The van der Waals surface area contributed by atoms with Crippen molar-refractivity contribution in [1.82, 2.24) is 4.90 Å². The Hall–Kier alpha value is -2.25. The highest BCUT2D eigenvalue weighted by Crippen LogP contribution is 2.50. The van der Waals surface area contributed by atoms with Crippen LogP contribution < -0.4 is 10.5 Å². The van der Waals surface area contributed by atoms with Crippen molar-refractivity contribution in [2.24, 2.45) is 11.1 Å². The number of nitrogens with zero attached hydrogens (tertiary/aromatic N) is 2. The number of ketones is 1. The van der Waals surface area contributed by atoms with Gasteiger partial charge in [0.15, 0.2) is 11.5 Å². The van der Waals surface area contributed by atoms with Crippen molar-refractivity contribution in [3.63, 3.8) is 0 Å². The predicted octanol–water partition coefficient (Wildman–Crippen LogP) is 6.56. The molecule has 0 bridgehead atoms. The van der Waals surface area contributed by atoms with Gasteiger partial charge in [-0.25, -0.2) is 0 Å². The molecule has 9 heteroatoms. The summed E-state index contributed by atoms with van der Waals surface area (Å²) in [5.41, 5.74) is 9.62. The van der Waals surface area contributed by atoms with Crippen LogP contribution in [0.1, 0.15) is 43.7 Å². The molecule has 2 N–H and O–H groups in total. The number of hydrogen-bond donors (Lipinski definition) is 1. The number of allylic oxidation sites excluding steroid dienone is 3. The van der Waals surface area contributed by atoms with Gasteiger partial charge in [-0.15, -0.1) is 0 Å². The van der Waals surface area contributed by atoms with E-state index in [0.29, 0.717) is 70.9 Å². The average molecular weight is 652 g/mol. The number of benzene rings is 2. The Morgan fingerprint density at radius 2 is 1.84 bits per heavy atom. The van der Waals surface area contributed by atoms with Crippen molar-refractivity contribution < 1.29 is 14.3 Å². The van der Waals surface area contributed by atoms with E-state index in [1.54, 1.807) is 19.2 Å². The molecule has 1 aliphatic carbocycles. The number of nitriles is 1. The molecule has 1 atom stereocenters. The molecular weight excluding hydrogens is 624 g/mol. The summed E-state index contributed by atoms with van der Waals surface area (Å²) in [6.45, 7) is 5.26. The van der Waals surface area contributed by atoms with Crippen LogP contribution in [-0.4, -0.2) is 30.9 Å². The van der Waals surface area contributed by atoms with E-state index >= 15 is 0 Å². The topological polar surface area (TPSA) is 88.6 Å². The van der Waals surface area contributed by atoms with E-state index in [1.807, 2.05) is 29.2 Å². The van der Waals surface area contributed by atoms with Crippen molar-refractivity contribution in [3.05, 3.63) is 83.8 Å². The van der Waals surface area contributed by atoms with Crippen molar-refractivity contribution in [2.75, 3.05) is 20.3 Å². The third kappa shape index (κ3) is 5.78. The van der Waals surface area contributed by atoms with Gasteiger partial charge in [-0.05, 0) is 69.8 Å². The Kier molecular flexibility index (Phi) is 8.44. The number of Topliss-reactive ketones (excluding diaryl/α,β-unsaturated/α-hetero) is 1. The first-order chi connectivity index (χ1) is 17.6. The second kappa shape index (κ2) is 11.2. The molecule has 0 spiro atoms. The van der Waals surface area contributed by atoms with E-state index in [9.17, 15) is 10.1 Å². The van der Waals surface area contributed by atoms with Crippen molar-refractivity contribution in [3.8, 4) is 11.8 Å². The van der Waals surface area contributed by atoms with Gasteiger partial charge in [0.1, 0.15) is 12.4 Å². The fourth-order valence-corrected chi connectivity index (χ4v) is 5.94. The van der Waals surface area contributed by atoms with Crippen LogP contribution >= 0.6 is 45.8 Å². The molecule has 0 saturated carbocycles. The third-order valence-electron chi connectivity index (χ3n) is 6.66. The summed E-state index contributed by atoms with van der Waals surface area (Å²) >= 11 is 15.6. The monoisotopic (exact) mass is 651 g/mol. The molecule has 37 heavy (non-hydrogen) atoms. The number of hydrogen-bond acceptors (Lipinski definition) is 6. The molecule has 2 aliphatic rings. The predicted molar refractivity (Wildman–Crippen MR) is 153 cm³/mol. The molecule has 4 rings (SSSR count). The molecule has 2 aromatic rings. The van der Waals surface area contributed by atoms with Gasteiger partial charge in [-0.2, -0.15) is 5.26 Å². The van der Waals surface area contributed by atoms with Gasteiger partial charge in [0.25, 0.3) is 0 Å². The van der Waals surface area contributed by atoms with Crippen LogP contribution in [-0.2, 0) is 16.1 Å². The second-order valence-electron chi connectivity index (χ2n) is 10.0. The van der Waals surface area contributed by atoms with Crippen LogP contribution in [0.4, 0.5) is 0 Å². The number of methoxy groups -OCH3 is 1. The fraction of sp³-hybridized carbons (Fsp3) is 0.357. The zero-order valence-corrected chi connectivity index (χ0v) is 24.6. The van der Waals surface area contributed by atoms with E-state index in [4.69, 9.17) is 38.4 Å². The lowest BCUT2D eigenvalue weighted by atomic mass is 9.68. The van der Waals surface area contributed by atoms with Gasteiger partial charge in [-0.1, -0.05) is 49.2 Å². The first-order valence-electron chi connectivity index (χ1n) is 11.8. The summed E-state index contributed by atoms with van der Waals surface area (Å²) < 4.78 is 12.4. The molecule has 0 aromatic heterocycles. The molecule has 0 unspecified atom stereocenters. The Morgan fingerprint density at radius 3 is 2.43 bits per heavy atom. The van der Waals surface area contributed by atoms with E-state index in [2.05, 4.69) is 42.5 Å². The van der Waals surface area contributed by atoms with Crippen LogP contribution in [0.3, 0.4) is 0 Å². The highest BCUT2D eigenvalue weighted by Gasteiger charge is 2.44. The summed E-state index contributed by atoms with van der Waals surface area (Å²) in [5, 5.41) is 10.8. The number of carbonyl (C=O) groups is 1.